The van der Waals surface area contributed by atoms with Crippen LogP contribution < -0.4 is 19.5 Å². The molecule has 8 nitrogen and oxygen atoms in total. The third-order valence-electron chi connectivity index (χ3n) is 5.91. The third-order valence-corrected chi connectivity index (χ3v) is 5.91. The van der Waals surface area contributed by atoms with Crippen LogP contribution in [-0.2, 0) is 4.74 Å². The second-order valence-electron chi connectivity index (χ2n) is 8.31. The van der Waals surface area contributed by atoms with Crippen molar-refractivity contribution in [2.24, 2.45) is 0 Å². The standard InChI is InChI=1S/C28H33N3O5/c1-5-20(6-2)36-27-16-21-22(17-26(27)35-14-8-12-32-3)29-18-30-28(21)31-23-15-19(10-11-25(23)33-4)24-9-7-13-34-24/h7,9-11,13,15-18,20H,5-6,8,12,14H2,1-4H3,(H,29,30,31). The Hall–Kier alpha value is -3.78. The van der Waals surface area contributed by atoms with Crippen LogP contribution in [0.4, 0.5) is 11.5 Å². The van der Waals surface area contributed by atoms with E-state index in [0.717, 1.165) is 47.2 Å². The van der Waals surface area contributed by atoms with Gasteiger partial charge in [-0.1, -0.05) is 13.8 Å². The first-order valence-electron chi connectivity index (χ1n) is 12.2. The predicted molar refractivity (Wildman–Crippen MR) is 141 cm³/mol. The van der Waals surface area contributed by atoms with E-state index in [9.17, 15) is 0 Å². The number of hydrogen-bond donors (Lipinski definition) is 1. The van der Waals surface area contributed by atoms with Gasteiger partial charge in [0.15, 0.2) is 11.5 Å². The summed E-state index contributed by atoms with van der Waals surface area (Å²) in [7, 11) is 3.32. The van der Waals surface area contributed by atoms with E-state index in [1.807, 2.05) is 42.5 Å². The van der Waals surface area contributed by atoms with Crippen LogP contribution in [0.1, 0.15) is 33.1 Å². The fraction of sp³-hybridized carbons (Fsp3) is 0.357. The van der Waals surface area contributed by atoms with Crippen LogP contribution >= 0.6 is 0 Å². The number of benzene rings is 2. The van der Waals surface area contributed by atoms with Gasteiger partial charge in [0.25, 0.3) is 0 Å². The molecule has 2 heterocycles. The summed E-state index contributed by atoms with van der Waals surface area (Å²) in [6.45, 7) is 5.38. The maximum atomic E-state index is 6.35. The minimum Gasteiger partial charge on any atom is -0.495 e. The van der Waals surface area contributed by atoms with Gasteiger partial charge in [0.05, 0.1) is 37.3 Å². The van der Waals surface area contributed by atoms with Crippen molar-refractivity contribution >= 4 is 22.4 Å². The van der Waals surface area contributed by atoms with Crippen LogP contribution in [0.3, 0.4) is 0 Å². The maximum absolute atomic E-state index is 6.35. The Balaban J connectivity index is 1.72. The molecule has 0 fully saturated rings. The Morgan fingerprint density at radius 3 is 2.53 bits per heavy atom. The minimum absolute atomic E-state index is 0.0786. The largest absolute Gasteiger partial charge is 0.495 e. The molecule has 0 atom stereocenters. The monoisotopic (exact) mass is 491 g/mol. The summed E-state index contributed by atoms with van der Waals surface area (Å²) in [6.07, 6.45) is 5.83. The van der Waals surface area contributed by atoms with Crippen LogP contribution in [0.25, 0.3) is 22.2 Å². The first kappa shape index (κ1) is 25.3. The van der Waals surface area contributed by atoms with E-state index < -0.39 is 0 Å². The van der Waals surface area contributed by atoms with Gasteiger partial charge in [-0.2, -0.15) is 0 Å². The summed E-state index contributed by atoms with van der Waals surface area (Å²) < 4.78 is 28.7. The summed E-state index contributed by atoms with van der Waals surface area (Å²) in [5.74, 6) is 3.42. The van der Waals surface area contributed by atoms with Crippen LogP contribution in [-0.4, -0.2) is 43.5 Å². The van der Waals surface area contributed by atoms with Gasteiger partial charge >= 0.3 is 0 Å². The molecule has 0 spiro atoms. The highest BCUT2D eigenvalue weighted by atomic mass is 16.5. The number of anilines is 2. The Morgan fingerprint density at radius 1 is 0.944 bits per heavy atom. The van der Waals surface area contributed by atoms with Crippen LogP contribution in [0.5, 0.6) is 17.2 Å². The number of rotatable bonds is 13. The smallest absolute Gasteiger partial charge is 0.163 e. The Kier molecular flexibility index (Phi) is 8.62. The fourth-order valence-corrected chi connectivity index (χ4v) is 3.92. The number of fused-ring (bicyclic) bond motifs is 1. The van der Waals surface area contributed by atoms with Crippen molar-refractivity contribution in [3.63, 3.8) is 0 Å². The lowest BCUT2D eigenvalue weighted by Gasteiger charge is -2.20. The van der Waals surface area contributed by atoms with E-state index in [1.165, 1.54) is 6.33 Å². The molecule has 2 aromatic carbocycles. The van der Waals surface area contributed by atoms with Gasteiger partial charge in [0.1, 0.15) is 23.7 Å². The van der Waals surface area contributed by atoms with Crippen molar-refractivity contribution in [1.82, 2.24) is 9.97 Å². The highest BCUT2D eigenvalue weighted by Gasteiger charge is 2.17. The lowest BCUT2D eigenvalue weighted by atomic mass is 10.1. The number of hydrogen-bond acceptors (Lipinski definition) is 8. The lowest BCUT2D eigenvalue weighted by molar-refractivity contribution is 0.161. The van der Waals surface area contributed by atoms with E-state index in [0.29, 0.717) is 36.3 Å². The second-order valence-corrected chi connectivity index (χ2v) is 8.31. The minimum atomic E-state index is 0.0786. The fourth-order valence-electron chi connectivity index (χ4n) is 3.92. The van der Waals surface area contributed by atoms with E-state index >= 15 is 0 Å². The lowest BCUT2D eigenvalue weighted by Crippen LogP contribution is -2.15. The maximum Gasteiger partial charge on any atom is 0.163 e. The number of furan rings is 1. The van der Waals surface area contributed by atoms with Crippen molar-refractivity contribution in [1.29, 1.82) is 0 Å². The highest BCUT2D eigenvalue weighted by Crippen LogP contribution is 2.38. The van der Waals surface area contributed by atoms with Crippen LogP contribution in [0.2, 0.25) is 0 Å². The molecule has 0 bridgehead atoms. The van der Waals surface area contributed by atoms with E-state index in [-0.39, 0.29) is 6.10 Å². The van der Waals surface area contributed by atoms with Gasteiger partial charge in [-0.25, -0.2) is 9.97 Å². The topological polar surface area (TPSA) is 87.9 Å². The first-order valence-corrected chi connectivity index (χ1v) is 12.2. The van der Waals surface area contributed by atoms with E-state index in [2.05, 4.69) is 29.1 Å². The molecule has 0 unspecified atom stereocenters. The van der Waals surface area contributed by atoms with Gasteiger partial charge in [0, 0.05) is 37.2 Å². The zero-order valence-electron chi connectivity index (χ0n) is 21.2. The van der Waals surface area contributed by atoms with Crippen molar-refractivity contribution in [3.05, 3.63) is 55.1 Å². The number of ether oxygens (including phenoxy) is 4. The Bertz CT molecular complexity index is 1260. The second kappa shape index (κ2) is 12.3. The number of nitrogens with zero attached hydrogens (tertiary/aromatic N) is 2. The molecule has 0 aliphatic carbocycles. The first-order chi connectivity index (χ1) is 17.7. The molecule has 36 heavy (non-hydrogen) atoms. The average molecular weight is 492 g/mol. The zero-order chi connectivity index (χ0) is 25.3. The molecule has 4 rings (SSSR count). The molecule has 4 aromatic rings. The van der Waals surface area contributed by atoms with Crippen molar-refractivity contribution in [3.8, 4) is 28.6 Å². The van der Waals surface area contributed by atoms with Crippen LogP contribution in [0, 0.1) is 0 Å². The van der Waals surface area contributed by atoms with E-state index in [1.54, 1.807) is 20.5 Å². The molecular formula is C28H33N3O5. The molecule has 0 saturated carbocycles. The summed E-state index contributed by atoms with van der Waals surface area (Å²) >= 11 is 0. The summed E-state index contributed by atoms with van der Waals surface area (Å²) in [5, 5.41) is 4.24. The Labute approximate surface area is 211 Å². The average Bonchev–Trinajstić information content (AvgIpc) is 3.45. The van der Waals surface area contributed by atoms with Gasteiger partial charge in [0.2, 0.25) is 0 Å². The van der Waals surface area contributed by atoms with Crippen LogP contribution in [0.15, 0.2) is 59.5 Å². The quantitative estimate of drug-likeness (QED) is 0.209. The summed E-state index contributed by atoms with van der Waals surface area (Å²) in [6, 6.07) is 13.5. The number of nitrogens with one attached hydrogen (secondary N) is 1. The van der Waals surface area contributed by atoms with Crippen molar-refractivity contribution in [2.45, 2.75) is 39.2 Å². The van der Waals surface area contributed by atoms with Gasteiger partial charge in [-0.3, -0.25) is 0 Å². The molecule has 8 heteroatoms. The van der Waals surface area contributed by atoms with Crippen molar-refractivity contribution < 1.29 is 23.4 Å². The summed E-state index contributed by atoms with van der Waals surface area (Å²) in [4.78, 5) is 9.02. The SMILES string of the molecule is CCC(CC)Oc1cc2c(Nc3cc(-c4ccco4)ccc3OC)ncnc2cc1OCCCOC. The highest BCUT2D eigenvalue weighted by molar-refractivity contribution is 5.93. The number of methoxy groups -OCH3 is 2. The summed E-state index contributed by atoms with van der Waals surface area (Å²) in [5.41, 5.74) is 2.42. The molecule has 1 N–H and O–H groups in total. The van der Waals surface area contributed by atoms with Crippen molar-refractivity contribution in [2.75, 3.05) is 32.8 Å². The molecule has 2 aromatic heterocycles. The molecule has 0 saturated heterocycles. The molecule has 190 valence electrons. The third kappa shape index (κ3) is 5.88. The predicted octanol–water partition coefficient (Wildman–Crippen LogP) is 6.62. The molecule has 0 radical (unpaired) electrons. The van der Waals surface area contributed by atoms with Gasteiger partial charge in [-0.05, 0) is 49.2 Å². The zero-order valence-corrected chi connectivity index (χ0v) is 21.2. The van der Waals surface area contributed by atoms with E-state index in [4.69, 9.17) is 23.4 Å². The normalized spacial score (nSPS) is 11.1. The van der Waals surface area contributed by atoms with Gasteiger partial charge in [-0.15, -0.1) is 0 Å². The molecular weight excluding hydrogens is 458 g/mol. The Morgan fingerprint density at radius 2 is 1.81 bits per heavy atom. The molecule has 0 amide bonds. The molecule has 0 aliphatic rings. The molecule has 0 aliphatic heterocycles. The van der Waals surface area contributed by atoms with Gasteiger partial charge < -0.3 is 28.7 Å². The number of aromatic nitrogens is 2.